The number of hydrogen-bond donors (Lipinski definition) is 2. The van der Waals surface area contributed by atoms with Crippen molar-refractivity contribution in [2.24, 2.45) is 0 Å². The van der Waals surface area contributed by atoms with Crippen LogP contribution in [0.4, 0.5) is 0 Å². The first-order chi connectivity index (χ1) is 10.0. The Kier molecular flexibility index (Phi) is 5.88. The molecule has 2 heterocycles. The number of aryl methyl sites for hydroxylation is 1. The molecule has 2 N–H and O–H groups in total. The van der Waals surface area contributed by atoms with Gasteiger partial charge >= 0.3 is 0 Å². The van der Waals surface area contributed by atoms with Gasteiger partial charge in [0.1, 0.15) is 4.21 Å². The van der Waals surface area contributed by atoms with E-state index >= 15 is 0 Å². The van der Waals surface area contributed by atoms with Gasteiger partial charge in [0.05, 0.1) is 10.7 Å². The molecule has 2 rings (SSSR count). The van der Waals surface area contributed by atoms with Crippen molar-refractivity contribution in [2.75, 3.05) is 20.1 Å². The fourth-order valence-electron chi connectivity index (χ4n) is 1.79. The zero-order valence-corrected chi connectivity index (χ0v) is 14.5. The molecule has 5 nitrogen and oxygen atoms in total. The fraction of sp³-hybridized carbons (Fsp3) is 0.462. The summed E-state index contributed by atoms with van der Waals surface area (Å²) in [6, 6.07) is 3.55. The molecule has 0 spiro atoms. The highest BCUT2D eigenvalue weighted by Gasteiger charge is 2.16. The van der Waals surface area contributed by atoms with E-state index in [1.807, 2.05) is 25.4 Å². The standard InChI is InChI=1S/C13H19N3O2S3/c1-10-16-11(9-19-10)5-8-15-21(17,18)13-4-3-12(20-13)6-7-14-2/h3-4,9,14-15H,5-8H2,1-2H3. The SMILES string of the molecule is CNCCc1ccc(S(=O)(=O)NCCc2csc(C)n2)s1. The Hall–Kier alpha value is -0.800. The Morgan fingerprint density at radius 3 is 2.71 bits per heavy atom. The van der Waals surface area contributed by atoms with Gasteiger partial charge in [0, 0.05) is 23.2 Å². The van der Waals surface area contributed by atoms with Crippen molar-refractivity contribution >= 4 is 32.7 Å². The number of hydrogen-bond acceptors (Lipinski definition) is 6. The lowest BCUT2D eigenvalue weighted by atomic mass is 10.3. The first-order valence-electron chi connectivity index (χ1n) is 6.65. The van der Waals surface area contributed by atoms with Gasteiger partial charge in [-0.3, -0.25) is 0 Å². The van der Waals surface area contributed by atoms with E-state index < -0.39 is 10.0 Å². The van der Waals surface area contributed by atoms with Gasteiger partial charge < -0.3 is 5.32 Å². The van der Waals surface area contributed by atoms with E-state index in [0.29, 0.717) is 17.2 Å². The molecule has 21 heavy (non-hydrogen) atoms. The van der Waals surface area contributed by atoms with Crippen molar-refractivity contribution in [1.29, 1.82) is 0 Å². The second kappa shape index (κ2) is 7.46. The normalized spacial score (nSPS) is 11.9. The lowest BCUT2D eigenvalue weighted by molar-refractivity contribution is 0.583. The molecular weight excluding hydrogens is 326 g/mol. The molecule has 0 aliphatic carbocycles. The zero-order valence-electron chi connectivity index (χ0n) is 12.0. The third-order valence-electron chi connectivity index (χ3n) is 2.86. The number of sulfonamides is 1. The molecule has 0 aromatic carbocycles. The Bertz CT molecular complexity index is 676. The molecule has 2 aromatic heterocycles. The van der Waals surface area contributed by atoms with Crippen molar-refractivity contribution in [3.63, 3.8) is 0 Å². The van der Waals surface area contributed by atoms with Gasteiger partial charge in [-0.25, -0.2) is 18.1 Å². The second-order valence-corrected chi connectivity index (χ2v) is 8.80. The number of thiazole rings is 1. The summed E-state index contributed by atoms with van der Waals surface area (Å²) in [6.45, 7) is 3.16. The third-order valence-corrected chi connectivity index (χ3v) is 6.78. The maximum absolute atomic E-state index is 12.2. The lowest BCUT2D eigenvalue weighted by Gasteiger charge is -2.03. The molecule has 0 bridgehead atoms. The van der Waals surface area contributed by atoms with Crippen LogP contribution in [0.1, 0.15) is 15.6 Å². The van der Waals surface area contributed by atoms with Crippen LogP contribution < -0.4 is 10.0 Å². The van der Waals surface area contributed by atoms with Crippen LogP contribution in [0.2, 0.25) is 0 Å². The number of rotatable bonds is 8. The molecule has 8 heteroatoms. The molecule has 2 aromatic rings. The van der Waals surface area contributed by atoms with Crippen LogP contribution in [-0.2, 0) is 22.9 Å². The van der Waals surface area contributed by atoms with Crippen LogP contribution in [0.25, 0.3) is 0 Å². The highest BCUT2D eigenvalue weighted by atomic mass is 32.2. The van der Waals surface area contributed by atoms with Gasteiger partial charge in [0.15, 0.2) is 0 Å². The third kappa shape index (κ3) is 4.86. The number of nitrogens with one attached hydrogen (secondary N) is 2. The van der Waals surface area contributed by atoms with Gasteiger partial charge in [0.2, 0.25) is 10.0 Å². The average Bonchev–Trinajstić information content (AvgIpc) is 3.06. The van der Waals surface area contributed by atoms with Crippen LogP contribution in [0, 0.1) is 6.92 Å². The van der Waals surface area contributed by atoms with Crippen LogP contribution >= 0.6 is 22.7 Å². The highest BCUT2D eigenvalue weighted by molar-refractivity contribution is 7.91. The topological polar surface area (TPSA) is 71.1 Å². The van der Waals surface area contributed by atoms with Crippen molar-refractivity contribution in [2.45, 2.75) is 24.0 Å². The second-order valence-electron chi connectivity index (χ2n) is 4.58. The summed E-state index contributed by atoms with van der Waals surface area (Å²) in [5, 5.41) is 6.02. The maximum atomic E-state index is 12.2. The van der Waals surface area contributed by atoms with E-state index in [4.69, 9.17) is 0 Å². The molecule has 0 radical (unpaired) electrons. The largest absolute Gasteiger partial charge is 0.319 e. The molecule has 0 unspecified atom stereocenters. The number of likely N-dealkylation sites (N-methyl/N-ethyl adjacent to an activating group) is 1. The van der Waals surface area contributed by atoms with Crippen LogP contribution in [0.3, 0.4) is 0 Å². The van der Waals surface area contributed by atoms with E-state index in [9.17, 15) is 8.42 Å². The Balaban J connectivity index is 1.90. The van der Waals surface area contributed by atoms with Crippen LogP contribution in [0.5, 0.6) is 0 Å². The molecule has 0 aliphatic rings. The summed E-state index contributed by atoms with van der Waals surface area (Å²) >= 11 is 2.90. The summed E-state index contributed by atoms with van der Waals surface area (Å²) in [5.74, 6) is 0. The molecular formula is C13H19N3O2S3. The predicted octanol–water partition coefficient (Wildman–Crippen LogP) is 1.80. The summed E-state index contributed by atoms with van der Waals surface area (Å²) < 4.78 is 27.4. The minimum absolute atomic E-state index is 0.370. The Labute approximate surface area is 133 Å². The van der Waals surface area contributed by atoms with Crippen molar-refractivity contribution in [3.8, 4) is 0 Å². The van der Waals surface area contributed by atoms with Crippen LogP contribution in [0.15, 0.2) is 21.7 Å². The molecule has 116 valence electrons. The molecule has 0 amide bonds. The van der Waals surface area contributed by atoms with E-state index in [1.165, 1.54) is 11.3 Å². The predicted molar refractivity (Wildman–Crippen MR) is 87.7 cm³/mol. The maximum Gasteiger partial charge on any atom is 0.250 e. The van der Waals surface area contributed by atoms with Gasteiger partial charge in [-0.1, -0.05) is 0 Å². The zero-order chi connectivity index (χ0) is 15.3. The van der Waals surface area contributed by atoms with E-state index in [-0.39, 0.29) is 0 Å². The van der Waals surface area contributed by atoms with E-state index in [0.717, 1.165) is 28.5 Å². The van der Waals surface area contributed by atoms with E-state index in [2.05, 4.69) is 15.0 Å². The summed E-state index contributed by atoms with van der Waals surface area (Å²) in [7, 11) is -1.52. The molecule has 0 saturated heterocycles. The first-order valence-corrected chi connectivity index (χ1v) is 9.83. The minimum atomic E-state index is -3.40. The monoisotopic (exact) mass is 345 g/mol. The Morgan fingerprint density at radius 2 is 2.05 bits per heavy atom. The number of thiophene rings is 1. The van der Waals surface area contributed by atoms with Crippen molar-refractivity contribution < 1.29 is 8.42 Å². The van der Waals surface area contributed by atoms with E-state index in [1.54, 1.807) is 17.4 Å². The van der Waals surface area contributed by atoms with Gasteiger partial charge in [-0.15, -0.1) is 22.7 Å². The van der Waals surface area contributed by atoms with Crippen molar-refractivity contribution in [1.82, 2.24) is 15.0 Å². The van der Waals surface area contributed by atoms with Crippen LogP contribution in [-0.4, -0.2) is 33.5 Å². The fourth-order valence-corrected chi connectivity index (χ4v) is 4.87. The minimum Gasteiger partial charge on any atom is -0.319 e. The van der Waals surface area contributed by atoms with Gasteiger partial charge in [0.25, 0.3) is 0 Å². The smallest absolute Gasteiger partial charge is 0.250 e. The first kappa shape index (κ1) is 16.6. The molecule has 0 fully saturated rings. The highest BCUT2D eigenvalue weighted by Crippen LogP contribution is 2.21. The summed E-state index contributed by atoms with van der Waals surface area (Å²) in [6.07, 6.45) is 1.45. The average molecular weight is 346 g/mol. The Morgan fingerprint density at radius 1 is 1.24 bits per heavy atom. The molecule has 0 atom stereocenters. The number of nitrogens with zero attached hydrogens (tertiary/aromatic N) is 1. The van der Waals surface area contributed by atoms with Gasteiger partial charge in [-0.2, -0.15) is 0 Å². The van der Waals surface area contributed by atoms with Crippen molar-refractivity contribution in [3.05, 3.63) is 33.1 Å². The van der Waals surface area contributed by atoms with Gasteiger partial charge in [-0.05, 0) is 39.1 Å². The summed E-state index contributed by atoms with van der Waals surface area (Å²) in [4.78, 5) is 5.39. The number of aromatic nitrogens is 1. The lowest BCUT2D eigenvalue weighted by Crippen LogP contribution is -2.25. The quantitative estimate of drug-likeness (QED) is 0.765. The molecule has 0 aliphatic heterocycles. The summed E-state index contributed by atoms with van der Waals surface area (Å²) in [5.41, 5.74) is 0.932. The molecule has 0 saturated carbocycles.